The number of nitrogens with zero attached hydrogens (tertiary/aromatic N) is 2. The number of ether oxygens (including phenoxy) is 1. The van der Waals surface area contributed by atoms with Crippen molar-refractivity contribution >= 4 is 17.7 Å². The molecule has 1 aromatic carbocycles. The number of aromatic nitrogens is 2. The number of amides is 1. The molecule has 2 rings (SSSR count). The Bertz CT molecular complexity index is 601. The number of carbonyl (C=O) groups excluding carboxylic acids is 1. The van der Waals surface area contributed by atoms with Crippen molar-refractivity contribution in [2.75, 3.05) is 19.4 Å². The molecule has 0 spiro atoms. The Morgan fingerprint density at radius 1 is 1.38 bits per heavy atom. The number of para-hydroxylation sites is 1. The summed E-state index contributed by atoms with van der Waals surface area (Å²) in [6.45, 7) is 2.27. The highest BCUT2D eigenvalue weighted by Gasteiger charge is 2.08. The number of methoxy groups -OCH3 is 1. The van der Waals surface area contributed by atoms with Gasteiger partial charge in [0.15, 0.2) is 0 Å². The van der Waals surface area contributed by atoms with Crippen LogP contribution in [0.25, 0.3) is 0 Å². The molecule has 0 atom stereocenters. The van der Waals surface area contributed by atoms with Crippen LogP contribution in [-0.2, 0) is 11.2 Å². The number of nitrogens with one attached hydrogen (secondary N) is 1. The van der Waals surface area contributed by atoms with Gasteiger partial charge >= 0.3 is 0 Å². The fourth-order valence-electron chi connectivity index (χ4n) is 1.76. The summed E-state index contributed by atoms with van der Waals surface area (Å²) in [7, 11) is 1.64. The number of thioether (sulfide) groups is 1. The highest BCUT2D eigenvalue weighted by atomic mass is 32.2. The molecule has 0 saturated carbocycles. The average molecular weight is 307 g/mol. The van der Waals surface area contributed by atoms with Gasteiger partial charge in [-0.3, -0.25) is 4.79 Å². The molecule has 0 aliphatic rings. The Labute approximate surface area is 127 Å². The molecule has 7 heteroatoms. The zero-order chi connectivity index (χ0) is 15.1. The molecule has 0 radical (unpaired) electrons. The summed E-state index contributed by atoms with van der Waals surface area (Å²) in [5.74, 6) is 1.52. The fraction of sp³-hybridized carbons (Fsp3) is 0.357. The number of hydrogen-bond donors (Lipinski definition) is 1. The van der Waals surface area contributed by atoms with Gasteiger partial charge < -0.3 is 14.5 Å². The van der Waals surface area contributed by atoms with Gasteiger partial charge in [-0.05, 0) is 18.1 Å². The molecule has 1 N–H and O–H groups in total. The topological polar surface area (TPSA) is 77.2 Å². The van der Waals surface area contributed by atoms with Crippen molar-refractivity contribution in [1.29, 1.82) is 0 Å². The standard InChI is InChI=1S/C14H17N3O3S/c1-10-16-17-14(20-10)21-9-13(18)15-8-7-11-5-3-4-6-12(11)19-2/h3-6H,7-9H2,1-2H3,(H,15,18). The summed E-state index contributed by atoms with van der Waals surface area (Å²) in [4.78, 5) is 11.7. The monoisotopic (exact) mass is 307 g/mol. The van der Waals surface area contributed by atoms with Crippen molar-refractivity contribution in [1.82, 2.24) is 15.5 Å². The maximum absolute atomic E-state index is 11.7. The molecule has 0 fully saturated rings. The third kappa shape index (κ3) is 4.78. The molecule has 1 heterocycles. The number of benzene rings is 1. The molecule has 0 unspecified atom stereocenters. The minimum absolute atomic E-state index is 0.0641. The summed E-state index contributed by atoms with van der Waals surface area (Å²) in [5, 5.41) is 10.8. The zero-order valence-corrected chi connectivity index (χ0v) is 12.8. The van der Waals surface area contributed by atoms with Crippen molar-refractivity contribution in [3.05, 3.63) is 35.7 Å². The summed E-state index contributed by atoms with van der Waals surface area (Å²) in [5.41, 5.74) is 1.07. The van der Waals surface area contributed by atoms with E-state index in [-0.39, 0.29) is 11.7 Å². The van der Waals surface area contributed by atoms with E-state index in [9.17, 15) is 4.79 Å². The van der Waals surface area contributed by atoms with Crippen LogP contribution in [0.3, 0.4) is 0 Å². The van der Waals surface area contributed by atoms with Gasteiger partial charge in [0.2, 0.25) is 11.8 Å². The lowest BCUT2D eigenvalue weighted by Gasteiger charge is -2.08. The molecule has 0 bridgehead atoms. The van der Waals surface area contributed by atoms with Crippen LogP contribution in [0.4, 0.5) is 0 Å². The van der Waals surface area contributed by atoms with Crippen LogP contribution >= 0.6 is 11.8 Å². The Hall–Kier alpha value is -2.02. The molecule has 1 aromatic heterocycles. The van der Waals surface area contributed by atoms with E-state index in [0.717, 1.165) is 17.7 Å². The summed E-state index contributed by atoms with van der Waals surface area (Å²) < 4.78 is 10.4. The first-order valence-corrected chi connectivity index (χ1v) is 7.49. The summed E-state index contributed by atoms with van der Waals surface area (Å²) in [6.07, 6.45) is 0.722. The van der Waals surface area contributed by atoms with Crippen LogP contribution in [-0.4, -0.2) is 35.5 Å². The molecule has 0 aliphatic heterocycles. The van der Waals surface area contributed by atoms with Crippen LogP contribution < -0.4 is 10.1 Å². The van der Waals surface area contributed by atoms with Crippen molar-refractivity contribution in [2.45, 2.75) is 18.6 Å². The van der Waals surface area contributed by atoms with Crippen LogP contribution in [0.1, 0.15) is 11.5 Å². The van der Waals surface area contributed by atoms with Gasteiger partial charge in [-0.1, -0.05) is 30.0 Å². The third-order valence-electron chi connectivity index (χ3n) is 2.74. The van der Waals surface area contributed by atoms with Crippen molar-refractivity contribution in [3.63, 3.8) is 0 Å². The maximum Gasteiger partial charge on any atom is 0.277 e. The van der Waals surface area contributed by atoms with E-state index in [4.69, 9.17) is 9.15 Å². The first kappa shape index (κ1) is 15.4. The van der Waals surface area contributed by atoms with E-state index >= 15 is 0 Å². The van der Waals surface area contributed by atoms with Crippen LogP contribution in [0.5, 0.6) is 5.75 Å². The molecule has 21 heavy (non-hydrogen) atoms. The molecule has 2 aromatic rings. The molecule has 112 valence electrons. The van der Waals surface area contributed by atoms with Gasteiger partial charge in [0.1, 0.15) is 5.75 Å². The normalized spacial score (nSPS) is 10.4. The number of aryl methyl sites for hydroxylation is 1. The van der Waals surface area contributed by atoms with E-state index in [2.05, 4.69) is 15.5 Å². The maximum atomic E-state index is 11.7. The van der Waals surface area contributed by atoms with Crippen LogP contribution in [0.15, 0.2) is 33.9 Å². The molecule has 1 amide bonds. The van der Waals surface area contributed by atoms with E-state index < -0.39 is 0 Å². The van der Waals surface area contributed by atoms with E-state index in [1.165, 1.54) is 11.8 Å². The second kappa shape index (κ2) is 7.68. The smallest absolute Gasteiger partial charge is 0.277 e. The van der Waals surface area contributed by atoms with Crippen molar-refractivity contribution < 1.29 is 13.9 Å². The molecule has 0 aliphatic carbocycles. The highest BCUT2D eigenvalue weighted by Crippen LogP contribution is 2.17. The zero-order valence-electron chi connectivity index (χ0n) is 12.0. The Balaban J connectivity index is 1.71. The van der Waals surface area contributed by atoms with E-state index in [1.807, 2.05) is 24.3 Å². The third-order valence-corrected chi connectivity index (χ3v) is 3.56. The van der Waals surface area contributed by atoms with Gasteiger partial charge in [0.25, 0.3) is 5.22 Å². The molecular formula is C14H17N3O3S. The van der Waals surface area contributed by atoms with E-state index in [1.54, 1.807) is 14.0 Å². The lowest BCUT2D eigenvalue weighted by molar-refractivity contribution is -0.118. The van der Waals surface area contributed by atoms with Crippen molar-refractivity contribution in [2.24, 2.45) is 0 Å². The second-order valence-electron chi connectivity index (χ2n) is 4.29. The second-order valence-corrected chi connectivity index (χ2v) is 5.21. The predicted octanol–water partition coefficient (Wildman–Crippen LogP) is 1.84. The lowest BCUT2D eigenvalue weighted by Crippen LogP contribution is -2.27. The Morgan fingerprint density at radius 2 is 2.19 bits per heavy atom. The SMILES string of the molecule is COc1ccccc1CCNC(=O)CSc1nnc(C)o1. The van der Waals surface area contributed by atoms with Gasteiger partial charge in [0, 0.05) is 13.5 Å². The molecule has 0 saturated heterocycles. The van der Waals surface area contributed by atoms with Gasteiger partial charge in [-0.15, -0.1) is 10.2 Å². The summed E-state index contributed by atoms with van der Waals surface area (Å²) >= 11 is 1.23. The lowest BCUT2D eigenvalue weighted by atomic mass is 10.1. The van der Waals surface area contributed by atoms with Crippen molar-refractivity contribution in [3.8, 4) is 5.75 Å². The fourth-order valence-corrected chi connectivity index (χ4v) is 2.40. The largest absolute Gasteiger partial charge is 0.496 e. The quantitative estimate of drug-likeness (QED) is 0.787. The molecule has 6 nitrogen and oxygen atoms in total. The summed E-state index contributed by atoms with van der Waals surface area (Å²) in [6, 6.07) is 7.77. The first-order valence-electron chi connectivity index (χ1n) is 6.50. The van der Waals surface area contributed by atoms with Gasteiger partial charge in [-0.25, -0.2) is 0 Å². The highest BCUT2D eigenvalue weighted by molar-refractivity contribution is 7.99. The number of rotatable bonds is 7. The molecular weight excluding hydrogens is 290 g/mol. The average Bonchev–Trinajstić information content (AvgIpc) is 2.91. The van der Waals surface area contributed by atoms with Crippen LogP contribution in [0.2, 0.25) is 0 Å². The Morgan fingerprint density at radius 3 is 2.90 bits per heavy atom. The Kier molecular flexibility index (Phi) is 5.62. The van der Waals surface area contributed by atoms with Gasteiger partial charge in [-0.2, -0.15) is 0 Å². The van der Waals surface area contributed by atoms with Gasteiger partial charge in [0.05, 0.1) is 12.9 Å². The minimum atomic E-state index is -0.0641. The van der Waals surface area contributed by atoms with E-state index in [0.29, 0.717) is 17.7 Å². The number of hydrogen-bond acceptors (Lipinski definition) is 6. The predicted molar refractivity (Wildman–Crippen MR) is 79.5 cm³/mol. The number of carbonyl (C=O) groups is 1. The minimum Gasteiger partial charge on any atom is -0.496 e. The van der Waals surface area contributed by atoms with Crippen LogP contribution in [0, 0.1) is 6.92 Å². The first-order chi connectivity index (χ1) is 10.2.